The van der Waals surface area contributed by atoms with Crippen LogP contribution in [0.25, 0.3) is 5.65 Å². The molecule has 1 amide bonds. The Morgan fingerprint density at radius 3 is 3.12 bits per heavy atom. The van der Waals surface area contributed by atoms with E-state index < -0.39 is 6.09 Å². The van der Waals surface area contributed by atoms with E-state index in [1.54, 1.807) is 17.5 Å². The fourth-order valence-electron chi connectivity index (χ4n) is 1.18. The highest BCUT2D eigenvalue weighted by molar-refractivity contribution is 9.10. The number of anilines is 1. The number of halogens is 1. The van der Waals surface area contributed by atoms with E-state index in [0.717, 1.165) is 4.60 Å². The number of nitrogens with zero attached hydrogens (tertiary/aromatic N) is 3. The van der Waals surface area contributed by atoms with Gasteiger partial charge in [-0.1, -0.05) is 6.07 Å². The van der Waals surface area contributed by atoms with Crippen LogP contribution in [0.4, 0.5) is 10.7 Å². The van der Waals surface area contributed by atoms with Gasteiger partial charge in [0, 0.05) is 0 Å². The van der Waals surface area contributed by atoms with Crippen LogP contribution in [0.1, 0.15) is 6.92 Å². The number of hydrogen-bond acceptors (Lipinski definition) is 4. The van der Waals surface area contributed by atoms with Gasteiger partial charge in [0.1, 0.15) is 4.60 Å². The first-order chi connectivity index (χ1) is 7.70. The van der Waals surface area contributed by atoms with Crippen molar-refractivity contribution in [2.24, 2.45) is 0 Å². The van der Waals surface area contributed by atoms with Gasteiger partial charge >= 0.3 is 6.09 Å². The summed E-state index contributed by atoms with van der Waals surface area (Å²) in [6.45, 7) is 2.04. The highest BCUT2D eigenvalue weighted by Gasteiger charge is 2.08. The Labute approximate surface area is 99.7 Å². The van der Waals surface area contributed by atoms with Gasteiger partial charge in [-0.25, -0.2) is 9.31 Å². The Balaban J connectivity index is 2.26. The zero-order valence-electron chi connectivity index (χ0n) is 8.48. The molecule has 16 heavy (non-hydrogen) atoms. The summed E-state index contributed by atoms with van der Waals surface area (Å²) in [6.07, 6.45) is -0.561. The van der Waals surface area contributed by atoms with Crippen LogP contribution in [0.3, 0.4) is 0 Å². The van der Waals surface area contributed by atoms with Crippen molar-refractivity contribution in [2.75, 3.05) is 11.9 Å². The lowest BCUT2D eigenvalue weighted by Gasteiger charge is -1.99. The van der Waals surface area contributed by atoms with Gasteiger partial charge in [-0.05, 0) is 35.0 Å². The van der Waals surface area contributed by atoms with Crippen molar-refractivity contribution in [2.45, 2.75) is 6.92 Å². The van der Waals surface area contributed by atoms with Crippen molar-refractivity contribution in [1.29, 1.82) is 0 Å². The number of ether oxygens (including phenoxy) is 1. The maximum Gasteiger partial charge on any atom is 0.414 e. The molecule has 0 radical (unpaired) electrons. The maximum absolute atomic E-state index is 11.1. The predicted octanol–water partition coefficient (Wildman–Crippen LogP) is 2.06. The third-order valence-electron chi connectivity index (χ3n) is 1.80. The van der Waals surface area contributed by atoms with Crippen LogP contribution in [0, 0.1) is 0 Å². The molecule has 84 valence electrons. The van der Waals surface area contributed by atoms with Gasteiger partial charge in [0.2, 0.25) is 0 Å². The van der Waals surface area contributed by atoms with Crippen molar-refractivity contribution in [3.05, 3.63) is 22.8 Å². The average Bonchev–Trinajstić information content (AvgIpc) is 2.62. The molecule has 0 saturated carbocycles. The normalized spacial score (nSPS) is 10.4. The Kier molecular flexibility index (Phi) is 3.04. The zero-order chi connectivity index (χ0) is 11.5. The topological polar surface area (TPSA) is 68.5 Å². The van der Waals surface area contributed by atoms with Crippen LogP contribution in [0.5, 0.6) is 0 Å². The summed E-state index contributed by atoms with van der Waals surface area (Å²) >= 11 is 3.32. The molecule has 7 heteroatoms. The van der Waals surface area contributed by atoms with Crippen molar-refractivity contribution in [1.82, 2.24) is 14.6 Å². The summed E-state index contributed by atoms with van der Waals surface area (Å²) in [5, 5.41) is 6.52. The average molecular weight is 285 g/mol. The molecule has 0 aromatic carbocycles. The maximum atomic E-state index is 11.1. The summed E-state index contributed by atoms with van der Waals surface area (Å²) in [5.41, 5.74) is 0.640. The highest BCUT2D eigenvalue weighted by Crippen LogP contribution is 2.13. The van der Waals surface area contributed by atoms with Crippen molar-refractivity contribution in [3.8, 4) is 0 Å². The van der Waals surface area contributed by atoms with E-state index in [4.69, 9.17) is 4.74 Å². The molecule has 0 atom stereocenters. The molecule has 2 rings (SSSR count). The van der Waals surface area contributed by atoms with E-state index in [-0.39, 0.29) is 5.95 Å². The highest BCUT2D eigenvalue weighted by atomic mass is 79.9. The third kappa shape index (κ3) is 2.13. The second-order valence-electron chi connectivity index (χ2n) is 2.90. The molecule has 0 spiro atoms. The minimum atomic E-state index is -0.561. The molecule has 0 aliphatic carbocycles. The van der Waals surface area contributed by atoms with Gasteiger partial charge in [0.25, 0.3) is 5.95 Å². The lowest BCUT2D eigenvalue weighted by Crippen LogP contribution is -2.14. The van der Waals surface area contributed by atoms with Crippen LogP contribution < -0.4 is 5.32 Å². The SMILES string of the molecule is CCOC(=O)Nc1nc2cccc(Br)n2n1. The number of amides is 1. The first-order valence-corrected chi connectivity index (χ1v) is 5.45. The number of rotatable bonds is 2. The molecule has 2 aromatic rings. The van der Waals surface area contributed by atoms with Gasteiger partial charge in [0.05, 0.1) is 6.61 Å². The fraction of sp³-hybridized carbons (Fsp3) is 0.222. The lowest BCUT2D eigenvalue weighted by atomic mass is 10.5. The van der Waals surface area contributed by atoms with Crippen LogP contribution in [0.2, 0.25) is 0 Å². The van der Waals surface area contributed by atoms with E-state index in [9.17, 15) is 4.79 Å². The first-order valence-electron chi connectivity index (χ1n) is 4.66. The number of nitrogens with one attached hydrogen (secondary N) is 1. The second kappa shape index (κ2) is 4.48. The number of hydrogen-bond donors (Lipinski definition) is 1. The lowest BCUT2D eigenvalue weighted by molar-refractivity contribution is 0.167. The zero-order valence-corrected chi connectivity index (χ0v) is 10.1. The number of aromatic nitrogens is 3. The van der Waals surface area contributed by atoms with Crippen LogP contribution in [-0.2, 0) is 4.74 Å². The Morgan fingerprint density at radius 1 is 1.62 bits per heavy atom. The Hall–Kier alpha value is -1.63. The van der Waals surface area contributed by atoms with E-state index in [1.807, 2.05) is 12.1 Å². The van der Waals surface area contributed by atoms with Gasteiger partial charge in [-0.15, -0.1) is 5.10 Å². The van der Waals surface area contributed by atoms with Crippen LogP contribution in [-0.4, -0.2) is 27.3 Å². The minimum Gasteiger partial charge on any atom is -0.450 e. The summed E-state index contributed by atoms with van der Waals surface area (Å²) in [4.78, 5) is 15.2. The molecule has 2 aromatic heterocycles. The van der Waals surface area contributed by atoms with E-state index in [0.29, 0.717) is 12.3 Å². The Morgan fingerprint density at radius 2 is 2.44 bits per heavy atom. The standard InChI is InChI=1S/C9H9BrN4O2/c1-2-16-9(15)12-8-11-7-5-3-4-6(10)14(7)13-8/h3-5H,2H2,1H3,(H,12,13,15). The second-order valence-corrected chi connectivity index (χ2v) is 3.71. The van der Waals surface area contributed by atoms with E-state index >= 15 is 0 Å². The smallest absolute Gasteiger partial charge is 0.414 e. The van der Waals surface area contributed by atoms with Gasteiger partial charge in [-0.3, -0.25) is 5.32 Å². The summed E-state index contributed by atoms with van der Waals surface area (Å²) in [6, 6.07) is 5.45. The van der Waals surface area contributed by atoms with Crippen LogP contribution >= 0.6 is 15.9 Å². The third-order valence-corrected chi connectivity index (χ3v) is 2.40. The van der Waals surface area contributed by atoms with Crippen molar-refractivity contribution < 1.29 is 9.53 Å². The molecule has 1 N–H and O–H groups in total. The molecule has 0 saturated heterocycles. The molecule has 0 unspecified atom stereocenters. The number of carbonyl (C=O) groups is 1. The molecule has 0 aliphatic rings. The first kappa shape index (κ1) is 10.9. The predicted molar refractivity (Wildman–Crippen MR) is 61.3 cm³/mol. The molecule has 6 nitrogen and oxygen atoms in total. The molecular weight excluding hydrogens is 276 g/mol. The number of pyridine rings is 1. The van der Waals surface area contributed by atoms with Crippen molar-refractivity contribution >= 4 is 33.6 Å². The van der Waals surface area contributed by atoms with Crippen LogP contribution in [0.15, 0.2) is 22.8 Å². The molecule has 2 heterocycles. The van der Waals surface area contributed by atoms with Gasteiger partial charge in [0.15, 0.2) is 5.65 Å². The summed E-state index contributed by atoms with van der Waals surface area (Å²) < 4.78 is 7.05. The number of carbonyl (C=O) groups excluding carboxylic acids is 1. The largest absolute Gasteiger partial charge is 0.450 e. The van der Waals surface area contributed by atoms with E-state index in [2.05, 4.69) is 31.3 Å². The summed E-state index contributed by atoms with van der Waals surface area (Å²) in [7, 11) is 0. The molecule has 0 bridgehead atoms. The fourth-order valence-corrected chi connectivity index (χ4v) is 1.60. The monoisotopic (exact) mass is 284 g/mol. The summed E-state index contributed by atoms with van der Waals surface area (Å²) in [5.74, 6) is 0.213. The quantitative estimate of drug-likeness (QED) is 0.857. The van der Waals surface area contributed by atoms with Gasteiger partial charge < -0.3 is 4.74 Å². The minimum absolute atomic E-state index is 0.213. The molecule has 0 aliphatic heterocycles. The number of fused-ring (bicyclic) bond motifs is 1. The molecule has 0 fully saturated rings. The van der Waals surface area contributed by atoms with Crippen molar-refractivity contribution in [3.63, 3.8) is 0 Å². The molecular formula is C9H9BrN4O2. The van der Waals surface area contributed by atoms with Gasteiger partial charge in [-0.2, -0.15) is 4.98 Å². The van der Waals surface area contributed by atoms with E-state index in [1.165, 1.54) is 0 Å². The Bertz CT molecular complexity index is 525.